The van der Waals surface area contributed by atoms with Crippen LogP contribution in [-0.4, -0.2) is 74.3 Å². The molecular weight excluding hydrogens is 928 g/mol. The van der Waals surface area contributed by atoms with E-state index in [1.54, 1.807) is 0 Å². The highest BCUT2D eigenvalue weighted by Gasteiger charge is 2.30. The summed E-state index contributed by atoms with van der Waals surface area (Å²) in [6.45, 7) is 6.72. The first kappa shape index (κ1) is 69.7. The van der Waals surface area contributed by atoms with Gasteiger partial charge in [-0.1, -0.05) is 227 Å². The van der Waals surface area contributed by atoms with E-state index >= 15 is 0 Å². The van der Waals surface area contributed by atoms with E-state index < -0.39 is 20.0 Å². The van der Waals surface area contributed by atoms with Crippen molar-refractivity contribution < 1.29 is 37.3 Å². The number of allylic oxidation sites excluding steroid dienone is 17. The molecule has 0 fully saturated rings. The number of unbranched alkanes of at least 4 members (excludes halogenated alkanes) is 21. The number of quaternary nitrogens is 1. The number of phosphoric ester groups is 1. The normalized spacial score (nSPS) is 14.6. The maximum absolute atomic E-state index is 13.5. The molecule has 0 aromatic carbocycles. The lowest BCUT2D eigenvalue weighted by molar-refractivity contribution is -0.870. The molecule has 9 nitrogen and oxygen atoms in total. The molecule has 0 bridgehead atoms. The number of amides is 1. The fourth-order valence-corrected chi connectivity index (χ4v) is 8.52. The quantitative estimate of drug-likeness (QED) is 0.0156. The van der Waals surface area contributed by atoms with E-state index in [1.165, 1.54) is 57.8 Å². The summed E-state index contributed by atoms with van der Waals surface area (Å²) < 4.78 is 30.6. The van der Waals surface area contributed by atoms with Crippen LogP contribution in [0.5, 0.6) is 0 Å². The van der Waals surface area contributed by atoms with Gasteiger partial charge in [-0.2, -0.15) is 0 Å². The van der Waals surface area contributed by atoms with Gasteiger partial charge in [0, 0.05) is 12.8 Å². The Hall–Kier alpha value is -3.33. The molecule has 0 spiro atoms. The Morgan fingerprint density at radius 3 is 1.47 bits per heavy atom. The number of hydrogen-bond acceptors (Lipinski definition) is 6. The number of ether oxygens (including phenoxy) is 1. The minimum atomic E-state index is -4.46. The Kier molecular flexibility index (Phi) is 49.7. The van der Waals surface area contributed by atoms with Gasteiger partial charge < -0.3 is 19.4 Å². The molecule has 10 heteroatoms. The zero-order valence-electron chi connectivity index (χ0n) is 47.6. The van der Waals surface area contributed by atoms with Crippen LogP contribution in [-0.2, 0) is 27.9 Å². The number of esters is 1. The highest BCUT2D eigenvalue weighted by Crippen LogP contribution is 2.43. The van der Waals surface area contributed by atoms with Crippen LogP contribution in [0.4, 0.5) is 0 Å². The number of phosphoric acid groups is 1. The second-order valence-electron chi connectivity index (χ2n) is 20.5. The number of likely N-dealkylation sites (N-methyl/N-ethyl adjacent to an activating group) is 1. The first-order chi connectivity index (χ1) is 35.4. The average Bonchev–Trinajstić information content (AvgIpc) is 3.35. The smallest absolute Gasteiger partial charge is 0.456 e. The lowest BCUT2D eigenvalue weighted by Crippen LogP contribution is -2.47. The number of rotatable bonds is 51. The van der Waals surface area contributed by atoms with Crippen LogP contribution >= 0.6 is 7.82 Å². The zero-order valence-corrected chi connectivity index (χ0v) is 48.5. The first-order valence-corrected chi connectivity index (χ1v) is 30.7. The largest absolute Gasteiger partial charge is 0.472 e. The Morgan fingerprint density at radius 1 is 0.507 bits per heavy atom. The van der Waals surface area contributed by atoms with E-state index in [1.807, 2.05) is 39.4 Å². The van der Waals surface area contributed by atoms with Crippen LogP contribution in [0.15, 0.2) is 109 Å². The minimum absolute atomic E-state index is 0.0267. The molecule has 0 aromatic rings. The molecule has 3 atom stereocenters. The molecule has 73 heavy (non-hydrogen) atoms. The molecular formula is C63H110N2O7P+. The molecule has 0 rings (SSSR count). The Morgan fingerprint density at radius 2 is 0.945 bits per heavy atom. The van der Waals surface area contributed by atoms with Crippen LogP contribution in [0.2, 0.25) is 0 Å². The highest BCUT2D eigenvalue weighted by molar-refractivity contribution is 7.47. The maximum atomic E-state index is 13.5. The van der Waals surface area contributed by atoms with Gasteiger partial charge in [0.05, 0.1) is 33.8 Å². The molecule has 0 saturated heterocycles. The summed E-state index contributed by atoms with van der Waals surface area (Å²) in [4.78, 5) is 37.6. The van der Waals surface area contributed by atoms with E-state index in [9.17, 15) is 19.0 Å². The van der Waals surface area contributed by atoms with Crippen molar-refractivity contribution in [2.45, 2.75) is 238 Å². The van der Waals surface area contributed by atoms with Gasteiger partial charge in [0.1, 0.15) is 19.3 Å². The molecule has 1 amide bonds. The molecule has 0 aliphatic heterocycles. The van der Waals surface area contributed by atoms with Crippen molar-refractivity contribution in [2.24, 2.45) is 0 Å². The van der Waals surface area contributed by atoms with E-state index in [2.05, 4.69) is 117 Å². The summed E-state index contributed by atoms with van der Waals surface area (Å²) >= 11 is 0. The first-order valence-electron chi connectivity index (χ1n) is 29.2. The summed E-state index contributed by atoms with van der Waals surface area (Å²) in [6.07, 6.45) is 70.8. The third-order valence-corrected chi connectivity index (χ3v) is 13.3. The SMILES string of the molecule is CC/C=C\C/C=C\C/C=C\C/C=C\C/C=C\CCCCCCCC(=O)OC(/C=C\CCCCCCCCCCCCC)C(COP(=O)(O)OCC[N+](C)(C)C)NC(=O)CCCCCCC\C=C/C=C/C=C/CC. The predicted molar refractivity (Wildman–Crippen MR) is 313 cm³/mol. The number of nitrogens with one attached hydrogen (secondary N) is 1. The van der Waals surface area contributed by atoms with E-state index in [0.29, 0.717) is 23.9 Å². The fraction of sp³-hybridized carbons (Fsp3) is 0.683. The van der Waals surface area contributed by atoms with Crippen LogP contribution < -0.4 is 5.32 Å². The number of carbonyl (C=O) groups is 2. The van der Waals surface area contributed by atoms with Crippen LogP contribution in [0.1, 0.15) is 226 Å². The van der Waals surface area contributed by atoms with Crippen molar-refractivity contribution in [3.8, 4) is 0 Å². The fourth-order valence-electron chi connectivity index (χ4n) is 7.79. The van der Waals surface area contributed by atoms with Crippen LogP contribution in [0.25, 0.3) is 0 Å². The third kappa shape index (κ3) is 53.3. The molecule has 0 heterocycles. The van der Waals surface area contributed by atoms with Gasteiger partial charge in [-0.25, -0.2) is 4.57 Å². The lowest BCUT2D eigenvalue weighted by Gasteiger charge is -2.27. The van der Waals surface area contributed by atoms with Crippen LogP contribution in [0.3, 0.4) is 0 Å². The summed E-state index contributed by atoms with van der Waals surface area (Å²) in [5, 5.41) is 3.03. The summed E-state index contributed by atoms with van der Waals surface area (Å²) in [5.74, 6) is -0.559. The summed E-state index contributed by atoms with van der Waals surface area (Å²) in [7, 11) is 1.45. The number of hydrogen-bond donors (Lipinski definition) is 2. The van der Waals surface area contributed by atoms with Gasteiger partial charge in [-0.15, -0.1) is 0 Å². The maximum Gasteiger partial charge on any atom is 0.472 e. The van der Waals surface area contributed by atoms with E-state index in [-0.39, 0.29) is 31.5 Å². The van der Waals surface area contributed by atoms with Gasteiger partial charge in [0.2, 0.25) is 5.91 Å². The second-order valence-corrected chi connectivity index (χ2v) is 21.9. The van der Waals surface area contributed by atoms with Gasteiger partial charge in [-0.05, 0) is 96.0 Å². The van der Waals surface area contributed by atoms with E-state index in [4.69, 9.17) is 13.8 Å². The summed E-state index contributed by atoms with van der Waals surface area (Å²) in [6, 6.07) is -0.873. The third-order valence-electron chi connectivity index (χ3n) is 12.3. The Balaban J connectivity index is 5.38. The lowest BCUT2D eigenvalue weighted by atomic mass is 10.0. The number of nitrogens with zero attached hydrogens (tertiary/aromatic N) is 1. The standard InChI is InChI=1S/C63H109N2O7P/c1-7-10-13-16-19-22-25-28-29-30-31-32-33-34-35-38-41-44-47-50-53-56-63(67)72-61(54-51-48-45-42-39-36-26-23-20-17-14-11-8-2)60(59-71-73(68,69)70-58-57-65(4,5)6)64-62(66)55-52-49-46-43-40-37-27-24-21-18-15-12-9-3/h10,12-13,15,18-19,21-22,24,27-29,31-32,34-35,51,54,60-61H,7-9,11,14,16-17,20,23,25-26,30,33,36-50,52-53,55-59H2,1-6H3,(H-,64,66,68,69)/p+1/b13-10-,15-12+,21-18+,22-19-,27-24-,29-28-,32-31-,35-34-,54-51-. The van der Waals surface area contributed by atoms with Gasteiger partial charge in [-0.3, -0.25) is 18.6 Å². The van der Waals surface area contributed by atoms with Crippen molar-refractivity contribution >= 4 is 19.7 Å². The topological polar surface area (TPSA) is 111 Å². The van der Waals surface area contributed by atoms with Crippen molar-refractivity contribution in [3.05, 3.63) is 109 Å². The molecule has 0 aromatic heterocycles. The molecule has 418 valence electrons. The van der Waals surface area contributed by atoms with Gasteiger partial charge >= 0.3 is 13.8 Å². The zero-order chi connectivity index (χ0) is 53.6. The van der Waals surface area contributed by atoms with Crippen molar-refractivity contribution in [3.63, 3.8) is 0 Å². The minimum Gasteiger partial charge on any atom is -0.456 e. The van der Waals surface area contributed by atoms with E-state index in [0.717, 1.165) is 128 Å². The Labute approximate surface area is 449 Å². The molecule has 0 aliphatic carbocycles. The monoisotopic (exact) mass is 1040 g/mol. The predicted octanol–water partition coefficient (Wildman–Crippen LogP) is 17.8. The number of carbonyl (C=O) groups excluding carboxylic acids is 2. The molecule has 0 saturated carbocycles. The average molecular weight is 1040 g/mol. The van der Waals surface area contributed by atoms with Gasteiger partial charge in [0.15, 0.2) is 0 Å². The highest BCUT2D eigenvalue weighted by atomic mass is 31.2. The van der Waals surface area contributed by atoms with Crippen LogP contribution in [0, 0.1) is 0 Å². The van der Waals surface area contributed by atoms with Crippen molar-refractivity contribution in [2.75, 3.05) is 40.9 Å². The molecule has 2 N–H and O–H groups in total. The van der Waals surface area contributed by atoms with Crippen molar-refractivity contribution in [1.82, 2.24) is 5.32 Å². The van der Waals surface area contributed by atoms with Gasteiger partial charge in [0.25, 0.3) is 0 Å². The molecule has 0 radical (unpaired) electrons. The second kappa shape index (κ2) is 52.1. The Bertz CT molecular complexity index is 1620. The summed E-state index contributed by atoms with van der Waals surface area (Å²) in [5.41, 5.74) is 0. The van der Waals surface area contributed by atoms with Crippen molar-refractivity contribution in [1.29, 1.82) is 0 Å². The molecule has 0 aliphatic rings. The molecule has 3 unspecified atom stereocenters.